The molecule has 2 heteroatoms. The first-order valence-electron chi connectivity index (χ1n) is 11.3. The SMILES string of the molecule is CCCCCC1CCC(C2CCC(C=Cc3ccc(F)c(F)c3)CC2)CC1. The minimum atomic E-state index is -0.771. The highest BCUT2D eigenvalue weighted by Gasteiger charge is 2.30. The number of halogens is 2. The van der Waals surface area contributed by atoms with Crippen LogP contribution in [0.4, 0.5) is 8.78 Å². The molecule has 2 saturated carbocycles. The topological polar surface area (TPSA) is 0 Å². The fourth-order valence-corrected chi connectivity index (χ4v) is 5.30. The maximum absolute atomic E-state index is 13.3. The van der Waals surface area contributed by atoms with Crippen LogP contribution >= 0.6 is 0 Å². The monoisotopic (exact) mass is 374 g/mol. The van der Waals surface area contributed by atoms with E-state index in [4.69, 9.17) is 0 Å². The molecule has 0 aromatic heterocycles. The molecule has 3 rings (SSSR count). The molecule has 150 valence electrons. The summed E-state index contributed by atoms with van der Waals surface area (Å²) in [5.41, 5.74) is 0.761. The highest BCUT2D eigenvalue weighted by Crippen LogP contribution is 2.42. The van der Waals surface area contributed by atoms with Gasteiger partial charge in [0.05, 0.1) is 0 Å². The summed E-state index contributed by atoms with van der Waals surface area (Å²) in [6.07, 6.45) is 20.8. The maximum Gasteiger partial charge on any atom is 0.159 e. The van der Waals surface area contributed by atoms with Crippen molar-refractivity contribution in [1.82, 2.24) is 0 Å². The van der Waals surface area contributed by atoms with Crippen molar-refractivity contribution in [3.05, 3.63) is 41.5 Å². The zero-order valence-corrected chi connectivity index (χ0v) is 16.9. The van der Waals surface area contributed by atoms with Crippen LogP contribution in [0.25, 0.3) is 6.08 Å². The molecule has 0 atom stereocenters. The molecule has 0 amide bonds. The minimum absolute atomic E-state index is 0.597. The summed E-state index contributed by atoms with van der Waals surface area (Å²) in [5, 5.41) is 0. The van der Waals surface area contributed by atoms with E-state index < -0.39 is 11.6 Å². The molecule has 0 spiro atoms. The molecule has 0 bridgehead atoms. The van der Waals surface area contributed by atoms with Crippen molar-refractivity contribution in [2.45, 2.75) is 84.0 Å². The minimum Gasteiger partial charge on any atom is -0.204 e. The number of unbranched alkanes of at least 4 members (excludes halogenated alkanes) is 2. The van der Waals surface area contributed by atoms with Gasteiger partial charge in [-0.2, -0.15) is 0 Å². The van der Waals surface area contributed by atoms with E-state index in [0.29, 0.717) is 5.92 Å². The van der Waals surface area contributed by atoms with E-state index in [1.807, 2.05) is 6.08 Å². The van der Waals surface area contributed by atoms with Gasteiger partial charge in [0.25, 0.3) is 0 Å². The molecule has 0 aliphatic heterocycles. The van der Waals surface area contributed by atoms with Gasteiger partial charge < -0.3 is 0 Å². The van der Waals surface area contributed by atoms with Crippen LogP contribution in [0.1, 0.15) is 89.5 Å². The summed E-state index contributed by atoms with van der Waals surface area (Å²) in [5.74, 6) is 1.96. The van der Waals surface area contributed by atoms with Gasteiger partial charge in [-0.05, 0) is 79.9 Å². The lowest BCUT2D eigenvalue weighted by atomic mass is 9.68. The van der Waals surface area contributed by atoms with Crippen molar-refractivity contribution in [3.63, 3.8) is 0 Å². The van der Waals surface area contributed by atoms with E-state index in [1.165, 1.54) is 89.2 Å². The Morgan fingerprint density at radius 2 is 1.52 bits per heavy atom. The molecule has 0 nitrogen and oxygen atoms in total. The van der Waals surface area contributed by atoms with Gasteiger partial charge in [0.15, 0.2) is 11.6 Å². The molecular weight excluding hydrogens is 338 g/mol. The third-order valence-corrected chi connectivity index (χ3v) is 7.09. The number of allylic oxidation sites excluding steroid dienone is 1. The lowest BCUT2D eigenvalue weighted by molar-refractivity contribution is 0.151. The van der Waals surface area contributed by atoms with Crippen molar-refractivity contribution in [2.75, 3.05) is 0 Å². The lowest BCUT2D eigenvalue weighted by Gasteiger charge is -2.37. The molecule has 0 N–H and O–H groups in total. The van der Waals surface area contributed by atoms with Gasteiger partial charge in [0.2, 0.25) is 0 Å². The van der Waals surface area contributed by atoms with Gasteiger partial charge in [-0.15, -0.1) is 0 Å². The van der Waals surface area contributed by atoms with Crippen molar-refractivity contribution in [3.8, 4) is 0 Å². The zero-order chi connectivity index (χ0) is 19.1. The number of rotatable bonds is 7. The third-order valence-electron chi connectivity index (χ3n) is 7.09. The van der Waals surface area contributed by atoms with E-state index in [-0.39, 0.29) is 0 Å². The van der Waals surface area contributed by atoms with E-state index >= 15 is 0 Å². The second-order valence-corrected chi connectivity index (χ2v) is 8.98. The zero-order valence-electron chi connectivity index (χ0n) is 16.9. The van der Waals surface area contributed by atoms with E-state index in [2.05, 4.69) is 13.0 Å². The summed E-state index contributed by atoms with van der Waals surface area (Å²) in [6.45, 7) is 2.29. The molecule has 27 heavy (non-hydrogen) atoms. The first-order chi connectivity index (χ1) is 13.2. The Morgan fingerprint density at radius 1 is 0.852 bits per heavy atom. The smallest absolute Gasteiger partial charge is 0.159 e. The quantitative estimate of drug-likeness (QED) is 0.422. The Hall–Kier alpha value is -1.18. The Balaban J connectivity index is 1.39. The van der Waals surface area contributed by atoms with Crippen LogP contribution in [0.15, 0.2) is 24.3 Å². The first-order valence-corrected chi connectivity index (χ1v) is 11.3. The Morgan fingerprint density at radius 3 is 2.15 bits per heavy atom. The number of hydrogen-bond acceptors (Lipinski definition) is 0. The standard InChI is InChI=1S/C25H36F2/c1-2-3-4-5-19-8-13-22(14-9-19)23-15-10-20(11-16-23)6-7-21-12-17-24(26)25(27)18-21/h6-7,12,17-20,22-23H,2-5,8-11,13-16H2,1H3. The number of hydrogen-bond donors (Lipinski definition) is 0. The molecule has 2 aliphatic rings. The fourth-order valence-electron chi connectivity index (χ4n) is 5.30. The Bertz CT molecular complexity index is 590. The summed E-state index contributed by atoms with van der Waals surface area (Å²) >= 11 is 0. The van der Waals surface area contributed by atoms with E-state index in [1.54, 1.807) is 6.07 Å². The van der Waals surface area contributed by atoms with Crippen molar-refractivity contribution in [2.24, 2.45) is 23.7 Å². The predicted octanol–water partition coefficient (Wildman–Crippen LogP) is 8.17. The van der Waals surface area contributed by atoms with Gasteiger partial charge in [0.1, 0.15) is 0 Å². The van der Waals surface area contributed by atoms with Crippen molar-refractivity contribution in [1.29, 1.82) is 0 Å². The van der Waals surface area contributed by atoms with Crippen LogP contribution in [-0.4, -0.2) is 0 Å². The summed E-state index contributed by atoms with van der Waals surface area (Å²) in [7, 11) is 0. The van der Waals surface area contributed by atoms with Gasteiger partial charge in [-0.3, -0.25) is 0 Å². The van der Waals surface area contributed by atoms with Crippen molar-refractivity contribution < 1.29 is 8.78 Å². The Kier molecular flexibility index (Phi) is 7.91. The van der Waals surface area contributed by atoms with Gasteiger partial charge >= 0.3 is 0 Å². The van der Waals surface area contributed by atoms with Crippen LogP contribution in [0.2, 0.25) is 0 Å². The van der Waals surface area contributed by atoms with Crippen LogP contribution in [0.5, 0.6) is 0 Å². The molecule has 0 radical (unpaired) electrons. The van der Waals surface area contributed by atoms with Gasteiger partial charge in [-0.25, -0.2) is 8.78 Å². The van der Waals surface area contributed by atoms with Crippen LogP contribution in [0.3, 0.4) is 0 Å². The maximum atomic E-state index is 13.3. The first kappa shape index (κ1) is 20.6. The average Bonchev–Trinajstić information content (AvgIpc) is 2.70. The van der Waals surface area contributed by atoms with Crippen LogP contribution < -0.4 is 0 Å². The largest absolute Gasteiger partial charge is 0.204 e. The highest BCUT2D eigenvalue weighted by molar-refractivity contribution is 5.49. The second kappa shape index (κ2) is 10.4. The fraction of sp³-hybridized carbons (Fsp3) is 0.680. The molecular formula is C25H36F2. The molecule has 0 saturated heterocycles. The molecule has 2 fully saturated rings. The van der Waals surface area contributed by atoms with E-state index in [9.17, 15) is 8.78 Å². The second-order valence-electron chi connectivity index (χ2n) is 8.98. The van der Waals surface area contributed by atoms with E-state index in [0.717, 1.165) is 23.3 Å². The summed E-state index contributed by atoms with van der Waals surface area (Å²) in [4.78, 5) is 0. The highest BCUT2D eigenvalue weighted by atomic mass is 19.2. The average molecular weight is 375 g/mol. The van der Waals surface area contributed by atoms with Gasteiger partial charge in [-0.1, -0.05) is 63.7 Å². The summed E-state index contributed by atoms with van der Waals surface area (Å²) in [6, 6.07) is 4.15. The predicted molar refractivity (Wildman–Crippen MR) is 110 cm³/mol. The lowest BCUT2D eigenvalue weighted by Crippen LogP contribution is -2.25. The third kappa shape index (κ3) is 6.16. The molecule has 2 aliphatic carbocycles. The number of benzene rings is 1. The molecule has 1 aromatic rings. The van der Waals surface area contributed by atoms with Crippen LogP contribution in [-0.2, 0) is 0 Å². The van der Waals surface area contributed by atoms with Crippen LogP contribution in [0, 0.1) is 35.3 Å². The Labute approximate surface area is 164 Å². The van der Waals surface area contributed by atoms with Crippen molar-refractivity contribution >= 4 is 6.08 Å². The normalized spacial score (nSPS) is 29.3. The molecule has 0 heterocycles. The molecule has 0 unspecified atom stereocenters. The molecule has 1 aromatic carbocycles. The van der Waals surface area contributed by atoms with Gasteiger partial charge in [0, 0.05) is 0 Å². The summed E-state index contributed by atoms with van der Waals surface area (Å²) < 4.78 is 26.3.